The third-order valence-electron chi connectivity index (χ3n) is 3.18. The predicted octanol–water partition coefficient (Wildman–Crippen LogP) is 3.92. The number of para-hydroxylation sites is 2. The van der Waals surface area contributed by atoms with Crippen molar-refractivity contribution in [3.63, 3.8) is 0 Å². The molecule has 1 N–H and O–H groups in total. The van der Waals surface area contributed by atoms with E-state index >= 15 is 0 Å². The van der Waals surface area contributed by atoms with Crippen LogP contribution >= 0.6 is 31.9 Å². The lowest BCUT2D eigenvalue weighted by Gasteiger charge is -2.12. The van der Waals surface area contributed by atoms with E-state index in [0.29, 0.717) is 22.4 Å². The Morgan fingerprint density at radius 2 is 1.90 bits per heavy atom. The van der Waals surface area contributed by atoms with E-state index in [1.807, 2.05) is 6.07 Å². The predicted molar refractivity (Wildman–Crippen MR) is 89.1 cm³/mol. The number of hydrogen-bond donors (Lipinski definition) is 1. The molecule has 1 aromatic heterocycles. The summed E-state index contributed by atoms with van der Waals surface area (Å²) in [6.45, 7) is 1.74. The van der Waals surface area contributed by atoms with Gasteiger partial charge in [0.25, 0.3) is 5.56 Å². The van der Waals surface area contributed by atoms with Crippen LogP contribution in [0.5, 0.6) is 5.75 Å². The van der Waals surface area contributed by atoms with E-state index in [9.17, 15) is 9.90 Å². The molecular weight excluding hydrogens is 400 g/mol. The Bertz CT molecular complexity index is 919. The van der Waals surface area contributed by atoms with E-state index in [2.05, 4.69) is 36.8 Å². The molecule has 0 unspecified atom stereocenters. The number of rotatable bonds is 1. The zero-order chi connectivity index (χ0) is 15.1. The number of nitrogens with zero attached hydrogens (tertiary/aromatic N) is 2. The molecule has 0 amide bonds. The summed E-state index contributed by atoms with van der Waals surface area (Å²) in [6.07, 6.45) is 0. The van der Waals surface area contributed by atoms with Crippen molar-refractivity contribution in [3.05, 3.63) is 61.5 Å². The van der Waals surface area contributed by atoms with Crippen LogP contribution in [0.2, 0.25) is 0 Å². The van der Waals surface area contributed by atoms with Gasteiger partial charge in [-0.1, -0.05) is 28.1 Å². The Morgan fingerprint density at radius 3 is 2.62 bits per heavy atom. The average molecular weight is 410 g/mol. The van der Waals surface area contributed by atoms with E-state index in [4.69, 9.17) is 0 Å². The number of phenolic OH excluding ortho intramolecular Hbond substituents is 1. The molecule has 21 heavy (non-hydrogen) atoms. The minimum absolute atomic E-state index is 0.0397. The lowest BCUT2D eigenvalue weighted by molar-refractivity contribution is 0.471. The number of hydrogen-bond acceptors (Lipinski definition) is 3. The van der Waals surface area contributed by atoms with Crippen LogP contribution in [0.3, 0.4) is 0 Å². The van der Waals surface area contributed by atoms with Crippen molar-refractivity contribution in [1.29, 1.82) is 0 Å². The lowest BCUT2D eigenvalue weighted by atomic mass is 10.2. The van der Waals surface area contributed by atoms with Gasteiger partial charge in [-0.15, -0.1) is 0 Å². The van der Waals surface area contributed by atoms with Crippen molar-refractivity contribution >= 4 is 42.8 Å². The summed E-state index contributed by atoms with van der Waals surface area (Å²) in [6, 6.07) is 10.3. The van der Waals surface area contributed by atoms with Gasteiger partial charge in [0, 0.05) is 8.95 Å². The molecule has 2 aromatic carbocycles. The molecule has 3 rings (SSSR count). The first-order valence-electron chi connectivity index (χ1n) is 6.16. The van der Waals surface area contributed by atoms with Crippen LogP contribution in [-0.2, 0) is 0 Å². The Hall–Kier alpha value is -1.66. The Labute approximate surface area is 137 Å². The smallest absolute Gasteiger partial charge is 0.266 e. The molecule has 0 atom stereocenters. The maximum Gasteiger partial charge on any atom is 0.266 e. The van der Waals surface area contributed by atoms with Gasteiger partial charge in [-0.3, -0.25) is 9.36 Å². The Kier molecular flexibility index (Phi) is 3.59. The summed E-state index contributed by atoms with van der Waals surface area (Å²) in [5.74, 6) is 0.551. The molecule has 0 aliphatic heterocycles. The van der Waals surface area contributed by atoms with Gasteiger partial charge in [-0.2, -0.15) is 0 Å². The number of phenols is 1. The van der Waals surface area contributed by atoms with Gasteiger partial charge in [0.15, 0.2) is 0 Å². The third kappa shape index (κ3) is 2.38. The maximum absolute atomic E-state index is 12.8. The Morgan fingerprint density at radius 1 is 1.19 bits per heavy atom. The molecule has 0 fully saturated rings. The second-order valence-electron chi connectivity index (χ2n) is 4.57. The highest BCUT2D eigenvalue weighted by Gasteiger charge is 2.14. The van der Waals surface area contributed by atoms with Crippen LogP contribution in [0.25, 0.3) is 16.6 Å². The SMILES string of the molecule is Cc1nc2c(Br)cc(Br)cc2c(=O)n1-c1ccccc1O. The number of halogens is 2. The van der Waals surface area contributed by atoms with Crippen LogP contribution in [-0.4, -0.2) is 14.7 Å². The number of aromatic nitrogens is 2. The standard InChI is InChI=1S/C15H10Br2N2O2/c1-8-18-14-10(6-9(16)7-11(14)17)15(21)19(8)12-4-2-3-5-13(12)20/h2-7,20H,1H3. The van der Waals surface area contributed by atoms with Gasteiger partial charge >= 0.3 is 0 Å². The molecule has 4 nitrogen and oxygen atoms in total. The molecule has 0 saturated heterocycles. The minimum atomic E-state index is -0.221. The fourth-order valence-corrected chi connectivity index (χ4v) is 3.57. The third-order valence-corrected chi connectivity index (χ3v) is 4.24. The molecule has 0 aliphatic carbocycles. The molecule has 0 bridgehead atoms. The quantitative estimate of drug-likeness (QED) is 0.662. The van der Waals surface area contributed by atoms with Crippen molar-refractivity contribution in [1.82, 2.24) is 9.55 Å². The van der Waals surface area contributed by atoms with E-state index in [1.165, 1.54) is 4.57 Å². The fraction of sp³-hybridized carbons (Fsp3) is 0.0667. The van der Waals surface area contributed by atoms with Gasteiger partial charge in [0.05, 0.1) is 16.6 Å². The molecule has 0 saturated carbocycles. The normalized spacial score (nSPS) is 11.0. The van der Waals surface area contributed by atoms with E-state index < -0.39 is 0 Å². The highest BCUT2D eigenvalue weighted by Crippen LogP contribution is 2.27. The molecule has 0 aliphatic rings. The van der Waals surface area contributed by atoms with Crippen molar-refractivity contribution in [2.75, 3.05) is 0 Å². The largest absolute Gasteiger partial charge is 0.506 e. The van der Waals surface area contributed by atoms with Gasteiger partial charge in [0.1, 0.15) is 11.6 Å². The second kappa shape index (κ2) is 5.27. The first-order chi connectivity index (χ1) is 9.99. The van der Waals surface area contributed by atoms with Gasteiger partial charge in [0.2, 0.25) is 0 Å². The molecule has 0 spiro atoms. The molecular formula is C15H10Br2N2O2. The van der Waals surface area contributed by atoms with Crippen molar-refractivity contribution < 1.29 is 5.11 Å². The summed E-state index contributed by atoms with van der Waals surface area (Å²) < 4.78 is 2.95. The van der Waals surface area contributed by atoms with Crippen LogP contribution in [0.1, 0.15) is 5.82 Å². The first kappa shape index (κ1) is 14.3. The Balaban J connectivity index is 2.46. The number of aryl methyl sites for hydroxylation is 1. The monoisotopic (exact) mass is 408 g/mol. The average Bonchev–Trinajstić information content (AvgIpc) is 2.42. The van der Waals surface area contributed by atoms with Crippen LogP contribution < -0.4 is 5.56 Å². The molecule has 6 heteroatoms. The molecule has 3 aromatic rings. The van der Waals surface area contributed by atoms with Gasteiger partial charge in [-0.05, 0) is 47.1 Å². The summed E-state index contributed by atoms with van der Waals surface area (Å²) in [7, 11) is 0. The van der Waals surface area contributed by atoms with E-state index in [-0.39, 0.29) is 11.3 Å². The van der Waals surface area contributed by atoms with Gasteiger partial charge < -0.3 is 5.11 Å². The number of fused-ring (bicyclic) bond motifs is 1. The minimum Gasteiger partial charge on any atom is -0.506 e. The lowest BCUT2D eigenvalue weighted by Crippen LogP contribution is -2.22. The summed E-state index contributed by atoms with van der Waals surface area (Å²) in [5.41, 5.74) is 0.805. The summed E-state index contributed by atoms with van der Waals surface area (Å²) in [4.78, 5) is 17.3. The first-order valence-corrected chi connectivity index (χ1v) is 7.74. The zero-order valence-electron chi connectivity index (χ0n) is 11.0. The van der Waals surface area contributed by atoms with E-state index in [0.717, 1.165) is 8.95 Å². The second-order valence-corrected chi connectivity index (χ2v) is 6.34. The summed E-state index contributed by atoms with van der Waals surface area (Å²) >= 11 is 6.80. The molecule has 106 valence electrons. The van der Waals surface area contributed by atoms with Gasteiger partial charge in [-0.25, -0.2) is 4.98 Å². The van der Waals surface area contributed by atoms with Crippen LogP contribution in [0.15, 0.2) is 50.1 Å². The van der Waals surface area contributed by atoms with Crippen LogP contribution in [0.4, 0.5) is 0 Å². The van der Waals surface area contributed by atoms with Crippen molar-refractivity contribution in [3.8, 4) is 11.4 Å². The molecule has 1 heterocycles. The highest BCUT2D eigenvalue weighted by atomic mass is 79.9. The van der Waals surface area contributed by atoms with E-state index in [1.54, 1.807) is 37.3 Å². The van der Waals surface area contributed by atoms with Crippen molar-refractivity contribution in [2.24, 2.45) is 0 Å². The zero-order valence-corrected chi connectivity index (χ0v) is 14.1. The molecule has 0 radical (unpaired) electrons. The number of aromatic hydroxyl groups is 1. The summed E-state index contributed by atoms with van der Waals surface area (Å²) in [5, 5.41) is 10.5. The fourth-order valence-electron chi connectivity index (χ4n) is 2.26. The number of benzene rings is 2. The van der Waals surface area contributed by atoms with Crippen LogP contribution in [0, 0.1) is 6.92 Å². The maximum atomic E-state index is 12.8. The topological polar surface area (TPSA) is 55.1 Å². The highest BCUT2D eigenvalue weighted by molar-refractivity contribution is 9.11. The van der Waals surface area contributed by atoms with Crippen molar-refractivity contribution in [2.45, 2.75) is 6.92 Å².